The van der Waals surface area contributed by atoms with Crippen LogP contribution < -0.4 is 4.90 Å². The van der Waals surface area contributed by atoms with Crippen LogP contribution in [0.25, 0.3) is 0 Å². The molecule has 0 bridgehead atoms. The van der Waals surface area contributed by atoms with Crippen LogP contribution in [-0.2, 0) is 0 Å². The van der Waals surface area contributed by atoms with Crippen molar-refractivity contribution in [3.8, 4) is 6.07 Å². The molecule has 0 spiro atoms. The summed E-state index contributed by atoms with van der Waals surface area (Å²) in [4.78, 5) is 5.70. The van der Waals surface area contributed by atoms with Crippen LogP contribution in [0.4, 0.5) is 5.69 Å². The smallest absolute Gasteiger partial charge is 0.101 e. The second-order valence-electron chi connectivity index (χ2n) is 2.61. The molecule has 0 unspecified atom stereocenters. The third-order valence-corrected chi connectivity index (χ3v) is 1.69. The summed E-state index contributed by atoms with van der Waals surface area (Å²) in [5.74, 6) is 0. The number of aliphatic imine (C=N–C) groups is 1. The fourth-order valence-corrected chi connectivity index (χ4v) is 1.11. The standard InChI is InChI=1S/C10H11N3/c1-12-8-13(2)10-6-4-3-5-9(10)7-11/h3-6,8H,1-2H3/b12-8+. The SMILES string of the molecule is C/N=C/N(C)c1ccccc1C#N. The van der Waals surface area contributed by atoms with E-state index >= 15 is 0 Å². The molecule has 0 aliphatic heterocycles. The van der Waals surface area contributed by atoms with Crippen molar-refractivity contribution in [3.05, 3.63) is 29.8 Å². The Morgan fingerprint density at radius 3 is 2.77 bits per heavy atom. The van der Waals surface area contributed by atoms with E-state index in [0.29, 0.717) is 5.56 Å². The molecule has 3 heteroatoms. The molecule has 0 fully saturated rings. The summed E-state index contributed by atoms with van der Waals surface area (Å²) in [6, 6.07) is 9.55. The molecule has 0 saturated heterocycles. The van der Waals surface area contributed by atoms with E-state index in [0.717, 1.165) is 5.69 Å². The van der Waals surface area contributed by atoms with Gasteiger partial charge < -0.3 is 4.90 Å². The van der Waals surface area contributed by atoms with Gasteiger partial charge in [-0.25, -0.2) is 0 Å². The first kappa shape index (κ1) is 9.27. The molecule has 0 heterocycles. The highest BCUT2D eigenvalue weighted by molar-refractivity contribution is 5.81. The van der Waals surface area contributed by atoms with E-state index in [1.165, 1.54) is 0 Å². The third-order valence-electron chi connectivity index (χ3n) is 1.69. The van der Waals surface area contributed by atoms with Crippen molar-refractivity contribution >= 4 is 12.0 Å². The summed E-state index contributed by atoms with van der Waals surface area (Å²) in [5, 5.41) is 8.81. The lowest BCUT2D eigenvalue weighted by Crippen LogP contribution is -2.15. The highest BCUT2D eigenvalue weighted by Crippen LogP contribution is 2.16. The van der Waals surface area contributed by atoms with Crippen LogP contribution in [0.5, 0.6) is 0 Å². The first-order valence-corrected chi connectivity index (χ1v) is 3.94. The van der Waals surface area contributed by atoms with Gasteiger partial charge in [-0.15, -0.1) is 0 Å². The molecule has 0 aromatic heterocycles. The van der Waals surface area contributed by atoms with Crippen molar-refractivity contribution in [1.82, 2.24) is 0 Å². The van der Waals surface area contributed by atoms with Crippen molar-refractivity contribution in [3.63, 3.8) is 0 Å². The van der Waals surface area contributed by atoms with Gasteiger partial charge in [0.05, 0.1) is 17.6 Å². The summed E-state index contributed by atoms with van der Waals surface area (Å²) < 4.78 is 0. The molecule has 1 aromatic rings. The van der Waals surface area contributed by atoms with Gasteiger partial charge in [0, 0.05) is 14.1 Å². The fraction of sp³-hybridized carbons (Fsp3) is 0.200. The minimum absolute atomic E-state index is 0.657. The fourth-order valence-electron chi connectivity index (χ4n) is 1.11. The molecule has 1 aromatic carbocycles. The molecular weight excluding hydrogens is 162 g/mol. The molecule has 0 aliphatic rings. The molecule has 0 amide bonds. The quantitative estimate of drug-likeness (QED) is 0.504. The predicted octanol–water partition coefficient (Wildman–Crippen LogP) is 1.65. The van der Waals surface area contributed by atoms with E-state index in [2.05, 4.69) is 11.1 Å². The van der Waals surface area contributed by atoms with Crippen molar-refractivity contribution < 1.29 is 0 Å². The van der Waals surface area contributed by atoms with Crippen LogP contribution in [0.3, 0.4) is 0 Å². The lowest BCUT2D eigenvalue weighted by atomic mass is 10.2. The normalized spacial score (nSPS) is 9.92. The van der Waals surface area contributed by atoms with Gasteiger partial charge in [0.15, 0.2) is 0 Å². The van der Waals surface area contributed by atoms with E-state index in [1.54, 1.807) is 19.5 Å². The van der Waals surface area contributed by atoms with E-state index < -0.39 is 0 Å². The monoisotopic (exact) mass is 173 g/mol. The molecule has 0 saturated carbocycles. The number of benzene rings is 1. The van der Waals surface area contributed by atoms with Gasteiger partial charge in [-0.3, -0.25) is 4.99 Å². The van der Waals surface area contributed by atoms with E-state index in [4.69, 9.17) is 5.26 Å². The Labute approximate surface area is 77.9 Å². The molecule has 0 N–H and O–H groups in total. The highest BCUT2D eigenvalue weighted by atomic mass is 15.1. The Bertz CT molecular complexity index is 349. The zero-order chi connectivity index (χ0) is 9.68. The average Bonchev–Trinajstić information content (AvgIpc) is 2.18. The minimum atomic E-state index is 0.657. The zero-order valence-electron chi connectivity index (χ0n) is 7.73. The number of rotatable bonds is 2. The second-order valence-corrected chi connectivity index (χ2v) is 2.61. The van der Waals surface area contributed by atoms with Gasteiger partial charge in [0.2, 0.25) is 0 Å². The average molecular weight is 173 g/mol. The number of hydrogen-bond donors (Lipinski definition) is 0. The Morgan fingerprint density at radius 2 is 2.15 bits per heavy atom. The Morgan fingerprint density at radius 1 is 1.46 bits per heavy atom. The summed E-state index contributed by atoms with van der Waals surface area (Å²) in [6.45, 7) is 0. The van der Waals surface area contributed by atoms with Crippen LogP contribution in [0.1, 0.15) is 5.56 Å². The van der Waals surface area contributed by atoms with Crippen molar-refractivity contribution in [2.45, 2.75) is 0 Å². The van der Waals surface area contributed by atoms with Crippen LogP contribution in [0, 0.1) is 11.3 Å². The molecular formula is C10H11N3. The molecule has 13 heavy (non-hydrogen) atoms. The maximum absolute atomic E-state index is 8.81. The summed E-state index contributed by atoms with van der Waals surface area (Å²) in [6.07, 6.45) is 1.68. The number of nitrogens with zero attached hydrogens (tertiary/aromatic N) is 3. The maximum atomic E-state index is 8.81. The number of nitriles is 1. The van der Waals surface area contributed by atoms with Crippen molar-refractivity contribution in [2.24, 2.45) is 4.99 Å². The van der Waals surface area contributed by atoms with E-state index in [-0.39, 0.29) is 0 Å². The third kappa shape index (κ3) is 2.06. The Hall–Kier alpha value is -1.82. The lowest BCUT2D eigenvalue weighted by Gasteiger charge is -2.13. The predicted molar refractivity (Wildman–Crippen MR) is 54.0 cm³/mol. The van der Waals surface area contributed by atoms with Gasteiger partial charge in [0.25, 0.3) is 0 Å². The number of anilines is 1. The van der Waals surface area contributed by atoms with Gasteiger partial charge in [0.1, 0.15) is 6.07 Å². The molecule has 0 aliphatic carbocycles. The second kappa shape index (κ2) is 4.27. The first-order chi connectivity index (χ1) is 6.29. The van der Waals surface area contributed by atoms with Crippen LogP contribution in [0.15, 0.2) is 29.3 Å². The van der Waals surface area contributed by atoms with Crippen molar-refractivity contribution in [1.29, 1.82) is 5.26 Å². The molecule has 3 nitrogen and oxygen atoms in total. The number of para-hydroxylation sites is 1. The molecule has 0 radical (unpaired) electrons. The highest BCUT2D eigenvalue weighted by Gasteiger charge is 2.02. The molecule has 0 atom stereocenters. The van der Waals surface area contributed by atoms with Crippen LogP contribution >= 0.6 is 0 Å². The van der Waals surface area contributed by atoms with Crippen LogP contribution in [0.2, 0.25) is 0 Å². The topological polar surface area (TPSA) is 39.4 Å². The van der Waals surface area contributed by atoms with E-state index in [9.17, 15) is 0 Å². The van der Waals surface area contributed by atoms with Crippen LogP contribution in [-0.4, -0.2) is 20.4 Å². The number of hydrogen-bond acceptors (Lipinski definition) is 2. The largest absolute Gasteiger partial charge is 0.335 e. The molecule has 1 rings (SSSR count). The lowest BCUT2D eigenvalue weighted by molar-refractivity contribution is 1.26. The summed E-state index contributed by atoms with van der Waals surface area (Å²) in [5.41, 5.74) is 1.53. The Kier molecular flexibility index (Phi) is 3.04. The van der Waals surface area contributed by atoms with Gasteiger partial charge >= 0.3 is 0 Å². The van der Waals surface area contributed by atoms with Gasteiger partial charge in [-0.1, -0.05) is 12.1 Å². The Balaban J connectivity index is 3.07. The minimum Gasteiger partial charge on any atom is -0.335 e. The van der Waals surface area contributed by atoms with E-state index in [1.807, 2.05) is 30.1 Å². The van der Waals surface area contributed by atoms with Gasteiger partial charge in [-0.2, -0.15) is 5.26 Å². The maximum Gasteiger partial charge on any atom is 0.101 e. The summed E-state index contributed by atoms with van der Waals surface area (Å²) >= 11 is 0. The zero-order valence-corrected chi connectivity index (χ0v) is 7.73. The summed E-state index contributed by atoms with van der Waals surface area (Å²) in [7, 11) is 3.56. The van der Waals surface area contributed by atoms with Crippen molar-refractivity contribution in [2.75, 3.05) is 19.0 Å². The first-order valence-electron chi connectivity index (χ1n) is 3.94. The van der Waals surface area contributed by atoms with Gasteiger partial charge in [-0.05, 0) is 12.1 Å². The molecule has 66 valence electrons.